The molecular weight excluding hydrogens is 258 g/mol. The zero-order chi connectivity index (χ0) is 14.9. The summed E-state index contributed by atoms with van der Waals surface area (Å²) in [5.41, 5.74) is 1.49. The second kappa shape index (κ2) is 6.07. The highest BCUT2D eigenvalue weighted by Crippen LogP contribution is 2.29. The van der Waals surface area contributed by atoms with E-state index in [9.17, 15) is 0 Å². The lowest BCUT2D eigenvalue weighted by Gasteiger charge is -2.50. The van der Waals surface area contributed by atoms with E-state index in [0.29, 0.717) is 6.04 Å². The molecule has 2 atom stereocenters. The number of rotatable bonds is 2. The van der Waals surface area contributed by atoms with E-state index in [1.54, 1.807) is 0 Å². The van der Waals surface area contributed by atoms with Crippen molar-refractivity contribution in [3.8, 4) is 0 Å². The van der Waals surface area contributed by atoms with Gasteiger partial charge in [0.15, 0.2) is 0 Å². The maximum absolute atomic E-state index is 3.79. The molecule has 3 nitrogen and oxygen atoms in total. The second-order valence-electron chi connectivity index (χ2n) is 7.13. The van der Waals surface area contributed by atoms with Crippen LogP contribution < -0.4 is 5.32 Å². The smallest absolute Gasteiger partial charge is 0.0535 e. The number of likely N-dealkylation sites (tertiary alicyclic amines) is 1. The molecule has 1 N–H and O–H groups in total. The van der Waals surface area contributed by atoms with Gasteiger partial charge < -0.3 is 10.2 Å². The van der Waals surface area contributed by atoms with Crippen LogP contribution in [0.3, 0.4) is 0 Å². The summed E-state index contributed by atoms with van der Waals surface area (Å²) in [6, 6.07) is 12.3. The number of benzene rings is 1. The van der Waals surface area contributed by atoms with Crippen LogP contribution in [0.25, 0.3) is 0 Å². The minimum absolute atomic E-state index is 0.0805. The lowest BCUT2D eigenvalue weighted by atomic mass is 9.86. The molecule has 1 aromatic rings. The van der Waals surface area contributed by atoms with Crippen LogP contribution in [0.1, 0.15) is 32.3 Å². The van der Waals surface area contributed by atoms with Crippen molar-refractivity contribution in [2.24, 2.45) is 0 Å². The molecule has 0 amide bonds. The van der Waals surface area contributed by atoms with Gasteiger partial charge in [0, 0.05) is 25.2 Å². The summed E-state index contributed by atoms with van der Waals surface area (Å²) in [4.78, 5) is 5.22. The van der Waals surface area contributed by atoms with Crippen molar-refractivity contribution in [1.82, 2.24) is 15.1 Å². The fourth-order valence-corrected chi connectivity index (χ4v) is 3.88. The quantitative estimate of drug-likeness (QED) is 0.900. The Bertz CT molecular complexity index is 453. The molecule has 0 spiro atoms. The molecule has 2 aliphatic rings. The topological polar surface area (TPSA) is 18.5 Å². The molecule has 3 heteroatoms. The zero-order valence-electron chi connectivity index (χ0n) is 13.7. The third-order valence-corrected chi connectivity index (χ3v) is 5.42. The lowest BCUT2D eigenvalue weighted by molar-refractivity contribution is 0.0276. The Morgan fingerprint density at radius 2 is 1.81 bits per heavy atom. The van der Waals surface area contributed by atoms with E-state index in [1.165, 1.54) is 31.5 Å². The van der Waals surface area contributed by atoms with Crippen LogP contribution in [0.5, 0.6) is 0 Å². The minimum atomic E-state index is 0.0805. The van der Waals surface area contributed by atoms with Crippen molar-refractivity contribution in [3.05, 3.63) is 35.9 Å². The number of piperazine rings is 1. The van der Waals surface area contributed by atoms with Crippen molar-refractivity contribution in [3.63, 3.8) is 0 Å². The molecule has 0 aromatic heterocycles. The summed E-state index contributed by atoms with van der Waals surface area (Å²) in [7, 11) is 2.24. The molecule has 2 saturated heterocycles. The average Bonchev–Trinajstić information content (AvgIpc) is 2.52. The zero-order valence-corrected chi connectivity index (χ0v) is 13.7. The van der Waals surface area contributed by atoms with Crippen LogP contribution in [-0.4, -0.2) is 55.1 Å². The SMILES string of the molecule is CC1CNC(C)(c2ccccc2)CN1C1CCN(C)CC1. The molecule has 0 saturated carbocycles. The summed E-state index contributed by atoms with van der Waals surface area (Å²) in [6.45, 7) is 9.41. The van der Waals surface area contributed by atoms with E-state index in [2.05, 4.69) is 66.3 Å². The van der Waals surface area contributed by atoms with Gasteiger partial charge in [-0.2, -0.15) is 0 Å². The van der Waals surface area contributed by atoms with Crippen molar-refractivity contribution in [2.75, 3.05) is 33.2 Å². The highest BCUT2D eigenvalue weighted by Gasteiger charge is 2.38. The van der Waals surface area contributed by atoms with Gasteiger partial charge in [0.05, 0.1) is 5.54 Å². The van der Waals surface area contributed by atoms with Crippen molar-refractivity contribution in [1.29, 1.82) is 0 Å². The Morgan fingerprint density at radius 1 is 1.14 bits per heavy atom. The normalized spacial score (nSPS) is 33.2. The molecule has 3 rings (SSSR count). The van der Waals surface area contributed by atoms with Crippen LogP contribution >= 0.6 is 0 Å². The largest absolute Gasteiger partial charge is 0.306 e. The number of hydrogen-bond acceptors (Lipinski definition) is 3. The van der Waals surface area contributed by atoms with E-state index in [4.69, 9.17) is 0 Å². The molecule has 21 heavy (non-hydrogen) atoms. The Morgan fingerprint density at radius 3 is 2.48 bits per heavy atom. The van der Waals surface area contributed by atoms with Gasteiger partial charge in [-0.3, -0.25) is 4.90 Å². The van der Waals surface area contributed by atoms with Crippen LogP contribution in [0.2, 0.25) is 0 Å². The molecule has 0 bridgehead atoms. The Hall–Kier alpha value is -0.900. The maximum atomic E-state index is 3.79. The van der Waals surface area contributed by atoms with Gasteiger partial charge in [0.25, 0.3) is 0 Å². The van der Waals surface area contributed by atoms with E-state index >= 15 is 0 Å². The van der Waals surface area contributed by atoms with Gasteiger partial charge in [-0.15, -0.1) is 0 Å². The molecular formula is C18H29N3. The van der Waals surface area contributed by atoms with Crippen molar-refractivity contribution in [2.45, 2.75) is 44.3 Å². The van der Waals surface area contributed by atoms with Crippen LogP contribution in [0.15, 0.2) is 30.3 Å². The molecule has 1 aromatic carbocycles. The van der Waals surface area contributed by atoms with E-state index in [1.807, 2.05) is 0 Å². The molecule has 116 valence electrons. The van der Waals surface area contributed by atoms with E-state index in [-0.39, 0.29) is 5.54 Å². The fourth-order valence-electron chi connectivity index (χ4n) is 3.88. The highest BCUT2D eigenvalue weighted by molar-refractivity contribution is 5.25. The average molecular weight is 287 g/mol. The van der Waals surface area contributed by atoms with E-state index < -0.39 is 0 Å². The number of hydrogen-bond donors (Lipinski definition) is 1. The van der Waals surface area contributed by atoms with Gasteiger partial charge in [-0.25, -0.2) is 0 Å². The third kappa shape index (κ3) is 3.15. The summed E-state index contributed by atoms with van der Waals surface area (Å²) in [6.07, 6.45) is 2.62. The third-order valence-electron chi connectivity index (χ3n) is 5.42. The molecule has 0 aliphatic carbocycles. The Labute approximate surface area is 129 Å². The predicted molar refractivity (Wildman–Crippen MR) is 88.5 cm³/mol. The van der Waals surface area contributed by atoms with Gasteiger partial charge >= 0.3 is 0 Å². The number of nitrogens with one attached hydrogen (secondary N) is 1. The summed E-state index contributed by atoms with van der Waals surface area (Å²) < 4.78 is 0. The van der Waals surface area contributed by atoms with Gasteiger partial charge in [-0.1, -0.05) is 30.3 Å². The second-order valence-corrected chi connectivity index (χ2v) is 7.13. The monoisotopic (exact) mass is 287 g/mol. The first-order valence-electron chi connectivity index (χ1n) is 8.33. The van der Waals surface area contributed by atoms with E-state index in [0.717, 1.165) is 19.1 Å². The summed E-state index contributed by atoms with van der Waals surface area (Å²) in [5.74, 6) is 0. The van der Waals surface area contributed by atoms with Crippen molar-refractivity contribution < 1.29 is 0 Å². The molecule has 2 heterocycles. The lowest BCUT2D eigenvalue weighted by Crippen LogP contribution is -2.63. The molecule has 2 fully saturated rings. The Kier molecular flexibility index (Phi) is 4.34. The van der Waals surface area contributed by atoms with Crippen LogP contribution in [0, 0.1) is 0 Å². The van der Waals surface area contributed by atoms with Gasteiger partial charge in [-0.05, 0) is 52.4 Å². The first kappa shape index (κ1) is 15.0. The molecule has 0 radical (unpaired) electrons. The van der Waals surface area contributed by atoms with Crippen LogP contribution in [-0.2, 0) is 5.54 Å². The van der Waals surface area contributed by atoms with Gasteiger partial charge in [0.2, 0.25) is 0 Å². The first-order chi connectivity index (χ1) is 10.1. The summed E-state index contributed by atoms with van der Waals surface area (Å²) >= 11 is 0. The standard InChI is InChI=1S/C18H29N3/c1-15-13-19-18(2,16-7-5-4-6-8-16)14-21(15)17-9-11-20(3)12-10-17/h4-8,15,17,19H,9-14H2,1-3H3. The predicted octanol–water partition coefficient (Wildman–Crippen LogP) is 2.29. The number of nitrogens with zero attached hydrogens (tertiary/aromatic N) is 2. The fraction of sp³-hybridized carbons (Fsp3) is 0.667. The maximum Gasteiger partial charge on any atom is 0.0535 e. The minimum Gasteiger partial charge on any atom is -0.306 e. The highest BCUT2D eigenvalue weighted by atomic mass is 15.3. The van der Waals surface area contributed by atoms with Crippen LogP contribution in [0.4, 0.5) is 0 Å². The molecule has 2 unspecified atom stereocenters. The van der Waals surface area contributed by atoms with Gasteiger partial charge in [0.1, 0.15) is 0 Å². The molecule has 2 aliphatic heterocycles. The van der Waals surface area contributed by atoms with Crippen molar-refractivity contribution >= 4 is 0 Å². The first-order valence-corrected chi connectivity index (χ1v) is 8.33. The summed E-state index contributed by atoms with van der Waals surface area (Å²) in [5, 5.41) is 3.79. The number of piperidine rings is 1. The Balaban J connectivity index is 1.75.